The fourth-order valence-electron chi connectivity index (χ4n) is 1.69. The summed E-state index contributed by atoms with van der Waals surface area (Å²) in [5, 5.41) is 7.87. The summed E-state index contributed by atoms with van der Waals surface area (Å²) in [6.45, 7) is 11.9. The number of rotatable bonds is 5. The second-order valence-electron chi connectivity index (χ2n) is 5.53. The van der Waals surface area contributed by atoms with Gasteiger partial charge in [-0.15, -0.1) is 0 Å². The van der Waals surface area contributed by atoms with Crippen molar-refractivity contribution in [1.29, 1.82) is 0 Å². The number of hydrogen-bond donors (Lipinski definition) is 2. The summed E-state index contributed by atoms with van der Waals surface area (Å²) in [7, 11) is 1.94. The Hall–Kier alpha value is -1.19. The largest absolute Gasteiger partial charge is 0.394 e. The molecule has 0 bridgehead atoms. The summed E-state index contributed by atoms with van der Waals surface area (Å²) in [4.78, 5) is 0. The maximum absolute atomic E-state index is 6.12. The van der Waals surface area contributed by atoms with Crippen LogP contribution in [0.1, 0.15) is 46.2 Å². The third-order valence-corrected chi connectivity index (χ3v) is 3.39. The lowest BCUT2D eigenvalue weighted by Crippen LogP contribution is -2.18. The van der Waals surface area contributed by atoms with Gasteiger partial charge in [0.2, 0.25) is 0 Å². The van der Waals surface area contributed by atoms with Crippen LogP contribution in [0.5, 0.6) is 0 Å². The average Bonchev–Trinajstić information content (AvgIpc) is 2.51. The van der Waals surface area contributed by atoms with Crippen LogP contribution in [-0.2, 0) is 7.05 Å². The second-order valence-corrected chi connectivity index (χ2v) is 5.53. The zero-order valence-electron chi connectivity index (χ0n) is 11.9. The lowest BCUT2D eigenvalue weighted by atomic mass is 9.98. The van der Waals surface area contributed by atoms with Crippen LogP contribution in [-0.4, -0.2) is 16.3 Å². The number of nitrogens with zero attached hydrogens (tertiary/aromatic N) is 2. The molecule has 0 saturated heterocycles. The van der Waals surface area contributed by atoms with Gasteiger partial charge in [-0.2, -0.15) is 5.10 Å². The Labute approximate surface area is 105 Å². The van der Waals surface area contributed by atoms with Crippen molar-refractivity contribution in [2.45, 2.75) is 40.5 Å². The van der Waals surface area contributed by atoms with Gasteiger partial charge in [-0.25, -0.2) is 0 Å². The van der Waals surface area contributed by atoms with Gasteiger partial charge in [-0.3, -0.25) is 4.68 Å². The minimum absolute atomic E-state index is 0.360. The maximum Gasteiger partial charge on any atom is 0.147 e. The SMILES string of the molecule is CC(C)c1nn(C)c(NCC(C)C(C)C)c1N. The van der Waals surface area contributed by atoms with E-state index >= 15 is 0 Å². The summed E-state index contributed by atoms with van der Waals surface area (Å²) < 4.78 is 1.84. The number of aromatic nitrogens is 2. The van der Waals surface area contributed by atoms with Crippen LogP contribution in [0, 0.1) is 11.8 Å². The van der Waals surface area contributed by atoms with E-state index in [4.69, 9.17) is 5.73 Å². The first-order valence-corrected chi connectivity index (χ1v) is 6.40. The summed E-state index contributed by atoms with van der Waals surface area (Å²) in [5.41, 5.74) is 7.89. The fourth-order valence-corrected chi connectivity index (χ4v) is 1.69. The van der Waals surface area contributed by atoms with Crippen molar-refractivity contribution in [3.63, 3.8) is 0 Å². The van der Waals surface area contributed by atoms with E-state index < -0.39 is 0 Å². The first-order chi connectivity index (χ1) is 7.84. The van der Waals surface area contributed by atoms with E-state index in [1.807, 2.05) is 11.7 Å². The summed E-state index contributed by atoms with van der Waals surface area (Å²) >= 11 is 0. The molecule has 0 aliphatic rings. The molecule has 0 aromatic carbocycles. The normalized spacial score (nSPS) is 13.4. The van der Waals surface area contributed by atoms with Crippen LogP contribution < -0.4 is 11.1 Å². The van der Waals surface area contributed by atoms with Crippen molar-refractivity contribution >= 4 is 11.5 Å². The summed E-state index contributed by atoms with van der Waals surface area (Å²) in [5.74, 6) is 2.59. The van der Waals surface area contributed by atoms with Crippen LogP contribution in [0.2, 0.25) is 0 Å². The molecule has 98 valence electrons. The van der Waals surface area contributed by atoms with E-state index in [2.05, 4.69) is 45.0 Å². The molecular formula is C13H26N4. The molecule has 0 aliphatic heterocycles. The van der Waals surface area contributed by atoms with Crippen LogP contribution >= 0.6 is 0 Å². The van der Waals surface area contributed by atoms with Crippen LogP contribution in [0.3, 0.4) is 0 Å². The molecule has 1 unspecified atom stereocenters. The van der Waals surface area contributed by atoms with Gasteiger partial charge in [-0.1, -0.05) is 34.6 Å². The maximum atomic E-state index is 6.12. The average molecular weight is 238 g/mol. The van der Waals surface area contributed by atoms with E-state index in [0.717, 1.165) is 23.7 Å². The van der Waals surface area contributed by atoms with Gasteiger partial charge in [0, 0.05) is 13.6 Å². The molecule has 3 N–H and O–H groups in total. The molecular weight excluding hydrogens is 212 g/mol. The predicted molar refractivity (Wildman–Crippen MR) is 74.2 cm³/mol. The van der Waals surface area contributed by atoms with Gasteiger partial charge in [0.25, 0.3) is 0 Å². The molecule has 4 heteroatoms. The van der Waals surface area contributed by atoms with E-state index in [1.165, 1.54) is 0 Å². The Morgan fingerprint density at radius 3 is 2.24 bits per heavy atom. The molecule has 0 aliphatic carbocycles. The number of nitrogens with one attached hydrogen (secondary N) is 1. The number of anilines is 2. The molecule has 0 amide bonds. The Morgan fingerprint density at radius 2 is 1.82 bits per heavy atom. The monoisotopic (exact) mass is 238 g/mol. The first-order valence-electron chi connectivity index (χ1n) is 6.40. The lowest BCUT2D eigenvalue weighted by molar-refractivity contribution is 0.438. The minimum atomic E-state index is 0.360. The molecule has 1 heterocycles. The molecule has 0 radical (unpaired) electrons. The van der Waals surface area contributed by atoms with Gasteiger partial charge in [0.15, 0.2) is 0 Å². The van der Waals surface area contributed by atoms with Crippen molar-refractivity contribution in [2.75, 3.05) is 17.6 Å². The third kappa shape index (κ3) is 3.14. The quantitative estimate of drug-likeness (QED) is 0.829. The van der Waals surface area contributed by atoms with Crippen LogP contribution in [0.25, 0.3) is 0 Å². The second kappa shape index (κ2) is 5.43. The van der Waals surface area contributed by atoms with E-state index in [-0.39, 0.29) is 0 Å². The van der Waals surface area contributed by atoms with E-state index in [9.17, 15) is 0 Å². The van der Waals surface area contributed by atoms with E-state index in [1.54, 1.807) is 0 Å². The lowest BCUT2D eigenvalue weighted by Gasteiger charge is -2.17. The van der Waals surface area contributed by atoms with Crippen molar-refractivity contribution < 1.29 is 0 Å². The number of nitrogens with two attached hydrogens (primary N) is 1. The smallest absolute Gasteiger partial charge is 0.147 e. The molecule has 0 spiro atoms. The molecule has 17 heavy (non-hydrogen) atoms. The summed E-state index contributed by atoms with van der Waals surface area (Å²) in [6.07, 6.45) is 0. The highest BCUT2D eigenvalue weighted by atomic mass is 15.3. The summed E-state index contributed by atoms with van der Waals surface area (Å²) in [6, 6.07) is 0. The zero-order chi connectivity index (χ0) is 13.2. The van der Waals surface area contributed by atoms with Gasteiger partial charge in [0.05, 0.1) is 11.4 Å². The van der Waals surface area contributed by atoms with Crippen molar-refractivity contribution in [1.82, 2.24) is 9.78 Å². The first kappa shape index (κ1) is 13.9. The Bertz CT molecular complexity index is 366. The predicted octanol–water partition coefficient (Wildman–Crippen LogP) is 2.83. The van der Waals surface area contributed by atoms with Crippen LogP contribution in [0.15, 0.2) is 0 Å². The Balaban J connectivity index is 2.78. The highest BCUT2D eigenvalue weighted by Crippen LogP contribution is 2.28. The van der Waals surface area contributed by atoms with Gasteiger partial charge < -0.3 is 11.1 Å². The fraction of sp³-hybridized carbons (Fsp3) is 0.769. The topological polar surface area (TPSA) is 55.9 Å². The third-order valence-electron chi connectivity index (χ3n) is 3.39. The van der Waals surface area contributed by atoms with Gasteiger partial charge in [0.1, 0.15) is 5.82 Å². The van der Waals surface area contributed by atoms with E-state index in [0.29, 0.717) is 17.8 Å². The Kier molecular flexibility index (Phi) is 4.43. The minimum Gasteiger partial charge on any atom is -0.394 e. The van der Waals surface area contributed by atoms with Gasteiger partial charge in [-0.05, 0) is 17.8 Å². The Morgan fingerprint density at radius 1 is 1.24 bits per heavy atom. The molecule has 4 nitrogen and oxygen atoms in total. The molecule has 1 rings (SSSR count). The highest BCUT2D eigenvalue weighted by Gasteiger charge is 2.16. The highest BCUT2D eigenvalue weighted by molar-refractivity contribution is 5.65. The molecule has 1 aromatic rings. The standard InChI is InChI=1S/C13H26N4/c1-8(2)10(5)7-15-13-11(14)12(9(3)4)16-17(13)6/h8-10,15H,7,14H2,1-6H3. The van der Waals surface area contributed by atoms with Gasteiger partial charge >= 0.3 is 0 Å². The van der Waals surface area contributed by atoms with Crippen molar-refractivity contribution in [2.24, 2.45) is 18.9 Å². The number of nitrogen functional groups attached to an aromatic ring is 1. The van der Waals surface area contributed by atoms with Crippen molar-refractivity contribution in [3.05, 3.63) is 5.69 Å². The molecule has 1 atom stereocenters. The number of hydrogen-bond acceptors (Lipinski definition) is 3. The molecule has 1 aromatic heterocycles. The van der Waals surface area contributed by atoms with Crippen LogP contribution in [0.4, 0.5) is 11.5 Å². The zero-order valence-corrected chi connectivity index (χ0v) is 11.9. The molecule has 0 fully saturated rings. The number of aryl methyl sites for hydroxylation is 1. The molecule has 0 saturated carbocycles. The van der Waals surface area contributed by atoms with Crippen molar-refractivity contribution in [3.8, 4) is 0 Å².